The summed E-state index contributed by atoms with van der Waals surface area (Å²) in [6, 6.07) is 8.17. The maximum absolute atomic E-state index is 13.0. The van der Waals surface area contributed by atoms with Crippen molar-refractivity contribution in [2.75, 3.05) is 0 Å². The van der Waals surface area contributed by atoms with Gasteiger partial charge in [-0.05, 0) is 55.9 Å². The Labute approximate surface area is 196 Å². The van der Waals surface area contributed by atoms with Crippen LogP contribution in [0.5, 0.6) is 5.75 Å². The van der Waals surface area contributed by atoms with E-state index in [0.717, 1.165) is 24.0 Å². The van der Waals surface area contributed by atoms with E-state index >= 15 is 0 Å². The summed E-state index contributed by atoms with van der Waals surface area (Å²) in [6.07, 6.45) is 2.28. The highest BCUT2D eigenvalue weighted by Gasteiger charge is 2.31. The van der Waals surface area contributed by atoms with Crippen LogP contribution < -0.4 is 15.1 Å². The maximum Gasteiger partial charge on any atom is 0.339 e. The van der Waals surface area contributed by atoms with E-state index in [1.165, 1.54) is 18.2 Å². The normalized spacial score (nSPS) is 14.5. The molecule has 0 saturated heterocycles. The Morgan fingerprint density at radius 3 is 2.45 bits per heavy atom. The Morgan fingerprint density at radius 1 is 1.12 bits per heavy atom. The van der Waals surface area contributed by atoms with Crippen molar-refractivity contribution >= 4 is 38.6 Å². The molecule has 1 aliphatic rings. The predicted molar refractivity (Wildman–Crippen MR) is 125 cm³/mol. The second-order valence-electron chi connectivity index (χ2n) is 8.56. The van der Waals surface area contributed by atoms with Crippen LogP contribution in [0.25, 0.3) is 11.0 Å². The Kier molecular flexibility index (Phi) is 6.35. The largest absolute Gasteiger partial charge is 0.424 e. The second-order valence-corrected chi connectivity index (χ2v) is 10.7. The molecule has 1 heterocycles. The number of benzene rings is 2. The average Bonchev–Trinajstić information content (AvgIpc) is 3.24. The van der Waals surface area contributed by atoms with Crippen LogP contribution in [0.1, 0.15) is 37.0 Å². The zero-order valence-corrected chi connectivity index (χ0v) is 20.0. The molecule has 2 aromatic carbocycles. The molecule has 1 atom stereocenters. The molecule has 33 heavy (non-hydrogen) atoms. The number of hydrogen-bond acceptors (Lipinski definition) is 6. The molecule has 9 heteroatoms. The molecule has 3 aromatic rings. The Bertz CT molecular complexity index is 1390. The van der Waals surface area contributed by atoms with Crippen LogP contribution in [-0.4, -0.2) is 20.4 Å². The molecular weight excluding hydrogens is 466 g/mol. The number of rotatable bonds is 6. The van der Waals surface area contributed by atoms with Crippen molar-refractivity contribution in [3.05, 3.63) is 68.5 Å². The first-order valence-electron chi connectivity index (χ1n) is 10.7. The summed E-state index contributed by atoms with van der Waals surface area (Å²) in [7, 11) is -3.96. The van der Waals surface area contributed by atoms with E-state index in [1.54, 1.807) is 32.0 Å². The smallest absolute Gasteiger partial charge is 0.339 e. The first-order valence-corrected chi connectivity index (χ1v) is 12.5. The molecule has 174 valence electrons. The Hall–Kier alpha value is -2.68. The molecule has 0 unspecified atom stereocenters. The number of fused-ring (bicyclic) bond motifs is 3. The van der Waals surface area contributed by atoms with Gasteiger partial charge in [-0.1, -0.05) is 43.1 Å². The number of carbonyl (C=O) groups excluding carboxylic acids is 1. The van der Waals surface area contributed by atoms with Crippen LogP contribution in [0.3, 0.4) is 0 Å². The third-order valence-electron chi connectivity index (χ3n) is 5.77. The number of aryl methyl sites for hydroxylation is 2. The molecule has 0 spiro atoms. The minimum Gasteiger partial charge on any atom is -0.424 e. The quantitative estimate of drug-likeness (QED) is 0.317. The van der Waals surface area contributed by atoms with Gasteiger partial charge >= 0.3 is 11.6 Å². The lowest BCUT2D eigenvalue weighted by atomic mass is 10.1. The van der Waals surface area contributed by atoms with Gasteiger partial charge in [0.25, 0.3) is 0 Å². The van der Waals surface area contributed by atoms with Crippen LogP contribution in [-0.2, 0) is 27.7 Å². The minimum atomic E-state index is -3.96. The number of halogens is 1. The van der Waals surface area contributed by atoms with E-state index in [2.05, 4.69) is 4.72 Å². The van der Waals surface area contributed by atoms with Gasteiger partial charge in [-0.2, -0.15) is 4.72 Å². The van der Waals surface area contributed by atoms with Gasteiger partial charge in [-0.3, -0.25) is 0 Å². The summed E-state index contributed by atoms with van der Waals surface area (Å²) < 4.78 is 38.9. The van der Waals surface area contributed by atoms with Crippen LogP contribution in [0.15, 0.2) is 50.5 Å². The predicted octanol–water partition coefficient (Wildman–Crippen LogP) is 4.15. The molecule has 0 aliphatic heterocycles. The molecule has 0 bridgehead atoms. The van der Waals surface area contributed by atoms with Gasteiger partial charge < -0.3 is 9.15 Å². The standard InChI is InChI=1S/C24H24ClNO6S/c1-13(2)22(26-33(29,30)15-9-7-14(3)8-10-15)24(28)32-21-12-20-18(11-19(21)25)16-5-4-6-17(16)23(27)31-20/h7-13,22,26H,4-6H2,1-3H3/t22-/m0/s1. The van der Waals surface area contributed by atoms with E-state index in [4.69, 9.17) is 20.8 Å². The van der Waals surface area contributed by atoms with E-state index < -0.39 is 33.6 Å². The number of nitrogens with one attached hydrogen (secondary N) is 1. The fourth-order valence-corrected chi connectivity index (χ4v) is 5.48. The molecular formula is C24H24ClNO6S. The molecule has 4 rings (SSSR count). The highest BCUT2D eigenvalue weighted by atomic mass is 35.5. The molecule has 1 aliphatic carbocycles. The fraction of sp³-hybridized carbons (Fsp3) is 0.333. The summed E-state index contributed by atoms with van der Waals surface area (Å²) in [5.41, 5.74) is 2.35. The van der Waals surface area contributed by atoms with Crippen molar-refractivity contribution in [2.24, 2.45) is 5.92 Å². The van der Waals surface area contributed by atoms with Crippen molar-refractivity contribution in [3.63, 3.8) is 0 Å². The van der Waals surface area contributed by atoms with Gasteiger partial charge in [-0.15, -0.1) is 0 Å². The van der Waals surface area contributed by atoms with Crippen LogP contribution in [0, 0.1) is 12.8 Å². The molecule has 1 N–H and O–H groups in total. The molecule has 0 amide bonds. The summed E-state index contributed by atoms with van der Waals surface area (Å²) in [5.74, 6) is -1.22. The number of hydrogen-bond donors (Lipinski definition) is 1. The zero-order valence-electron chi connectivity index (χ0n) is 18.5. The second kappa shape index (κ2) is 8.93. The zero-order chi connectivity index (χ0) is 23.9. The summed E-state index contributed by atoms with van der Waals surface area (Å²) >= 11 is 6.38. The van der Waals surface area contributed by atoms with Gasteiger partial charge in [0.15, 0.2) is 5.75 Å². The van der Waals surface area contributed by atoms with Crippen molar-refractivity contribution in [3.8, 4) is 5.75 Å². The number of esters is 1. The van der Waals surface area contributed by atoms with Crippen molar-refractivity contribution in [1.82, 2.24) is 4.72 Å². The molecule has 0 saturated carbocycles. The van der Waals surface area contributed by atoms with E-state index in [9.17, 15) is 18.0 Å². The van der Waals surface area contributed by atoms with Crippen molar-refractivity contribution in [1.29, 1.82) is 0 Å². The maximum atomic E-state index is 13.0. The third kappa shape index (κ3) is 4.69. The summed E-state index contributed by atoms with van der Waals surface area (Å²) in [4.78, 5) is 25.3. The van der Waals surface area contributed by atoms with Crippen LogP contribution in [0.4, 0.5) is 0 Å². The first-order chi connectivity index (χ1) is 15.6. The van der Waals surface area contributed by atoms with E-state index in [0.29, 0.717) is 17.4 Å². The van der Waals surface area contributed by atoms with Crippen LogP contribution >= 0.6 is 11.6 Å². The van der Waals surface area contributed by atoms with Crippen LogP contribution in [0.2, 0.25) is 5.02 Å². The Balaban J connectivity index is 1.62. The highest BCUT2D eigenvalue weighted by molar-refractivity contribution is 7.89. The lowest BCUT2D eigenvalue weighted by molar-refractivity contribution is -0.137. The van der Waals surface area contributed by atoms with Gasteiger partial charge in [0.05, 0.1) is 9.92 Å². The number of ether oxygens (including phenoxy) is 1. The number of sulfonamides is 1. The average molecular weight is 490 g/mol. The minimum absolute atomic E-state index is 0.00422. The topological polar surface area (TPSA) is 103 Å². The lowest BCUT2D eigenvalue weighted by Crippen LogP contribution is -2.46. The monoisotopic (exact) mass is 489 g/mol. The first kappa shape index (κ1) is 23.5. The summed E-state index contributed by atoms with van der Waals surface area (Å²) in [6.45, 7) is 5.25. The van der Waals surface area contributed by atoms with Gasteiger partial charge in [-0.25, -0.2) is 18.0 Å². The summed E-state index contributed by atoms with van der Waals surface area (Å²) in [5, 5.41) is 0.884. The molecule has 0 radical (unpaired) electrons. The van der Waals surface area contributed by atoms with Crippen molar-refractivity contribution < 1.29 is 22.4 Å². The van der Waals surface area contributed by atoms with Gasteiger partial charge in [0, 0.05) is 17.0 Å². The molecule has 1 aromatic heterocycles. The SMILES string of the molecule is Cc1ccc(S(=O)(=O)N[C@H](C(=O)Oc2cc3oc(=O)c4c(c3cc2Cl)CCC4)C(C)C)cc1. The van der Waals surface area contributed by atoms with Gasteiger partial charge in [0.2, 0.25) is 10.0 Å². The Morgan fingerprint density at radius 2 is 1.79 bits per heavy atom. The highest BCUT2D eigenvalue weighted by Crippen LogP contribution is 2.35. The fourth-order valence-electron chi connectivity index (χ4n) is 3.94. The molecule has 7 nitrogen and oxygen atoms in total. The van der Waals surface area contributed by atoms with Gasteiger partial charge in [0.1, 0.15) is 11.6 Å². The molecule has 0 fully saturated rings. The van der Waals surface area contributed by atoms with Crippen molar-refractivity contribution in [2.45, 2.75) is 51.0 Å². The third-order valence-corrected chi connectivity index (χ3v) is 7.52. The van der Waals surface area contributed by atoms with E-state index in [-0.39, 0.29) is 21.3 Å². The lowest BCUT2D eigenvalue weighted by Gasteiger charge is -2.21. The number of carbonyl (C=O) groups is 1. The van der Waals surface area contributed by atoms with E-state index in [1.807, 2.05) is 6.92 Å².